The topological polar surface area (TPSA) is 32.8 Å². The van der Waals surface area contributed by atoms with E-state index in [2.05, 4.69) is 16.7 Å². The van der Waals surface area contributed by atoms with Crippen LogP contribution in [0, 0.1) is 5.41 Å². The van der Waals surface area contributed by atoms with Gasteiger partial charge in [0.1, 0.15) is 6.29 Å². The van der Waals surface area contributed by atoms with Gasteiger partial charge in [0, 0.05) is 50.3 Å². The van der Waals surface area contributed by atoms with Crippen LogP contribution in [-0.4, -0.2) is 67.6 Å². The normalized spacial score (nSPS) is 35.5. The maximum Gasteiger partial charge on any atom is 0.127 e. The fourth-order valence-electron chi connectivity index (χ4n) is 4.13. The Morgan fingerprint density at radius 2 is 2.05 bits per heavy atom. The molecular formula is C16H28N2O2. The summed E-state index contributed by atoms with van der Waals surface area (Å²) in [5.74, 6) is 0. The molecule has 3 saturated heterocycles. The number of hydrogen-bond donors (Lipinski definition) is 0. The van der Waals surface area contributed by atoms with Gasteiger partial charge in [-0.05, 0) is 39.2 Å². The Morgan fingerprint density at radius 1 is 1.25 bits per heavy atom. The molecule has 3 aliphatic heterocycles. The second kappa shape index (κ2) is 6.12. The number of aldehydes is 1. The Labute approximate surface area is 122 Å². The highest BCUT2D eigenvalue weighted by atomic mass is 16.5. The Balaban J connectivity index is 1.65. The van der Waals surface area contributed by atoms with Crippen molar-refractivity contribution in [1.82, 2.24) is 9.80 Å². The molecule has 114 valence electrons. The Bertz CT molecular complexity index is 341. The second-order valence-corrected chi connectivity index (χ2v) is 7.02. The molecule has 0 bridgehead atoms. The summed E-state index contributed by atoms with van der Waals surface area (Å²) in [4.78, 5) is 16.9. The molecule has 0 aliphatic carbocycles. The van der Waals surface area contributed by atoms with E-state index >= 15 is 0 Å². The van der Waals surface area contributed by atoms with Crippen molar-refractivity contribution in [2.24, 2.45) is 5.41 Å². The van der Waals surface area contributed by atoms with E-state index in [4.69, 9.17) is 4.74 Å². The van der Waals surface area contributed by atoms with Crippen molar-refractivity contribution in [3.63, 3.8) is 0 Å². The minimum absolute atomic E-state index is 0.149. The van der Waals surface area contributed by atoms with E-state index in [0.29, 0.717) is 6.04 Å². The minimum atomic E-state index is -0.149. The minimum Gasteiger partial charge on any atom is -0.381 e. The molecule has 0 saturated carbocycles. The lowest BCUT2D eigenvalue weighted by atomic mass is 9.80. The number of piperidine rings is 1. The third kappa shape index (κ3) is 2.92. The van der Waals surface area contributed by atoms with Gasteiger partial charge in [0.05, 0.1) is 0 Å². The maximum atomic E-state index is 11.7. The highest BCUT2D eigenvalue weighted by molar-refractivity contribution is 5.60. The molecule has 0 amide bonds. The molecule has 0 aromatic heterocycles. The maximum absolute atomic E-state index is 11.7. The molecule has 0 aromatic carbocycles. The van der Waals surface area contributed by atoms with Crippen LogP contribution in [0.1, 0.15) is 39.0 Å². The number of carbonyl (C=O) groups is 1. The Morgan fingerprint density at radius 3 is 2.80 bits per heavy atom. The second-order valence-electron chi connectivity index (χ2n) is 7.02. The first-order valence-electron chi connectivity index (χ1n) is 8.25. The van der Waals surface area contributed by atoms with E-state index in [-0.39, 0.29) is 5.41 Å². The van der Waals surface area contributed by atoms with Crippen LogP contribution in [0.4, 0.5) is 0 Å². The number of nitrogens with zero attached hydrogens (tertiary/aromatic N) is 2. The Hall–Kier alpha value is -0.450. The lowest BCUT2D eigenvalue weighted by molar-refractivity contribution is -0.125. The highest BCUT2D eigenvalue weighted by Crippen LogP contribution is 2.32. The SMILES string of the molecule is CC1CN2CCCCC2CN1CC1(C=O)CCOCC1. The van der Waals surface area contributed by atoms with Gasteiger partial charge < -0.3 is 9.53 Å². The van der Waals surface area contributed by atoms with Crippen molar-refractivity contribution in [3.8, 4) is 0 Å². The van der Waals surface area contributed by atoms with Crippen LogP contribution in [0.15, 0.2) is 0 Å². The van der Waals surface area contributed by atoms with Crippen LogP contribution in [0.2, 0.25) is 0 Å². The van der Waals surface area contributed by atoms with Gasteiger partial charge >= 0.3 is 0 Å². The number of rotatable bonds is 3. The van der Waals surface area contributed by atoms with Crippen molar-refractivity contribution < 1.29 is 9.53 Å². The summed E-state index contributed by atoms with van der Waals surface area (Å²) in [6, 6.07) is 1.30. The summed E-state index contributed by atoms with van der Waals surface area (Å²) in [6.45, 7) is 8.35. The number of fused-ring (bicyclic) bond motifs is 1. The van der Waals surface area contributed by atoms with Crippen molar-refractivity contribution in [2.75, 3.05) is 39.4 Å². The molecular weight excluding hydrogens is 252 g/mol. The van der Waals surface area contributed by atoms with Crippen LogP contribution in [0.5, 0.6) is 0 Å². The van der Waals surface area contributed by atoms with Crippen molar-refractivity contribution in [3.05, 3.63) is 0 Å². The molecule has 3 aliphatic rings. The van der Waals surface area contributed by atoms with Gasteiger partial charge in [-0.1, -0.05) is 6.42 Å². The van der Waals surface area contributed by atoms with E-state index in [1.54, 1.807) is 0 Å². The summed E-state index contributed by atoms with van der Waals surface area (Å²) in [6.07, 6.45) is 7.08. The monoisotopic (exact) mass is 280 g/mol. The quantitative estimate of drug-likeness (QED) is 0.734. The lowest BCUT2D eigenvalue weighted by Gasteiger charge is -2.49. The summed E-state index contributed by atoms with van der Waals surface area (Å²) in [5.41, 5.74) is -0.149. The zero-order valence-electron chi connectivity index (χ0n) is 12.7. The molecule has 2 unspecified atom stereocenters. The first kappa shape index (κ1) is 14.5. The predicted molar refractivity (Wildman–Crippen MR) is 78.8 cm³/mol. The van der Waals surface area contributed by atoms with Crippen LogP contribution < -0.4 is 0 Å². The average molecular weight is 280 g/mol. The predicted octanol–water partition coefficient (Wildman–Crippen LogP) is 1.54. The third-order valence-corrected chi connectivity index (χ3v) is 5.57. The van der Waals surface area contributed by atoms with Gasteiger partial charge in [-0.25, -0.2) is 0 Å². The fourth-order valence-corrected chi connectivity index (χ4v) is 4.13. The summed E-state index contributed by atoms with van der Waals surface area (Å²) >= 11 is 0. The fraction of sp³-hybridized carbons (Fsp3) is 0.938. The van der Waals surface area contributed by atoms with Gasteiger partial charge in [0.15, 0.2) is 0 Å². The van der Waals surface area contributed by atoms with Crippen molar-refractivity contribution in [2.45, 2.75) is 51.1 Å². The lowest BCUT2D eigenvalue weighted by Crippen LogP contribution is -2.60. The molecule has 2 atom stereocenters. The molecule has 3 heterocycles. The van der Waals surface area contributed by atoms with Gasteiger partial charge in [-0.2, -0.15) is 0 Å². The molecule has 4 nitrogen and oxygen atoms in total. The van der Waals surface area contributed by atoms with E-state index in [0.717, 1.165) is 45.2 Å². The first-order chi connectivity index (χ1) is 9.72. The number of ether oxygens (including phenoxy) is 1. The number of hydrogen-bond acceptors (Lipinski definition) is 4. The standard InChI is InChI=1S/C16H28N2O2/c1-14-10-17-7-3-2-4-15(17)11-18(14)12-16(13-19)5-8-20-9-6-16/h13-15H,2-12H2,1H3. The first-order valence-corrected chi connectivity index (χ1v) is 8.25. The number of piperazine rings is 1. The smallest absolute Gasteiger partial charge is 0.127 e. The van der Waals surface area contributed by atoms with Gasteiger partial charge in [0.25, 0.3) is 0 Å². The zero-order valence-corrected chi connectivity index (χ0v) is 12.7. The molecule has 3 fully saturated rings. The van der Waals surface area contributed by atoms with E-state index in [1.165, 1.54) is 38.6 Å². The molecule has 4 heteroatoms. The molecule has 20 heavy (non-hydrogen) atoms. The molecule has 3 rings (SSSR count). The molecule has 0 N–H and O–H groups in total. The van der Waals surface area contributed by atoms with E-state index < -0.39 is 0 Å². The number of carbonyl (C=O) groups excluding carboxylic acids is 1. The van der Waals surface area contributed by atoms with Gasteiger partial charge in [-0.3, -0.25) is 9.80 Å². The van der Waals surface area contributed by atoms with Gasteiger partial charge in [0.2, 0.25) is 0 Å². The van der Waals surface area contributed by atoms with E-state index in [9.17, 15) is 4.79 Å². The van der Waals surface area contributed by atoms with Crippen LogP contribution in [0.3, 0.4) is 0 Å². The van der Waals surface area contributed by atoms with Crippen LogP contribution in [0.25, 0.3) is 0 Å². The van der Waals surface area contributed by atoms with Crippen LogP contribution >= 0.6 is 0 Å². The highest BCUT2D eigenvalue weighted by Gasteiger charge is 2.39. The largest absolute Gasteiger partial charge is 0.381 e. The summed E-state index contributed by atoms with van der Waals surface area (Å²) in [7, 11) is 0. The average Bonchev–Trinajstić information content (AvgIpc) is 2.49. The Kier molecular flexibility index (Phi) is 4.43. The molecule has 0 aromatic rings. The van der Waals surface area contributed by atoms with Crippen LogP contribution in [-0.2, 0) is 9.53 Å². The summed E-state index contributed by atoms with van der Waals surface area (Å²) < 4.78 is 5.44. The summed E-state index contributed by atoms with van der Waals surface area (Å²) in [5, 5.41) is 0. The van der Waals surface area contributed by atoms with Gasteiger partial charge in [-0.15, -0.1) is 0 Å². The van der Waals surface area contributed by atoms with Crippen molar-refractivity contribution >= 4 is 6.29 Å². The molecule has 0 spiro atoms. The van der Waals surface area contributed by atoms with Crippen molar-refractivity contribution in [1.29, 1.82) is 0 Å². The molecule has 0 radical (unpaired) electrons. The zero-order chi connectivity index (χ0) is 14.0. The third-order valence-electron chi connectivity index (χ3n) is 5.57. The van der Waals surface area contributed by atoms with E-state index in [1.807, 2.05) is 0 Å².